The van der Waals surface area contributed by atoms with Gasteiger partial charge in [0.05, 0.1) is 5.02 Å². The first-order valence-electron chi connectivity index (χ1n) is 4.74. The van der Waals surface area contributed by atoms with Crippen molar-refractivity contribution in [3.63, 3.8) is 0 Å². The molecular formula is C12H14ClFO. The van der Waals surface area contributed by atoms with Crippen LogP contribution in [0.4, 0.5) is 4.39 Å². The third kappa shape index (κ3) is 2.57. The quantitative estimate of drug-likeness (QED) is 0.702. The number of hydrogen-bond donors (Lipinski definition) is 0. The topological polar surface area (TPSA) is 17.1 Å². The molecule has 0 saturated carbocycles. The van der Waals surface area contributed by atoms with E-state index in [1.54, 1.807) is 12.1 Å². The Hall–Kier alpha value is -0.890. The summed E-state index contributed by atoms with van der Waals surface area (Å²) in [7, 11) is 0. The van der Waals surface area contributed by atoms with Gasteiger partial charge in [-0.1, -0.05) is 11.6 Å². The normalized spacial score (nSPS) is 11.6. The van der Waals surface area contributed by atoms with Gasteiger partial charge in [0.2, 0.25) is 5.78 Å². The smallest absolute Gasteiger partial charge is 0.200 e. The zero-order chi connectivity index (χ0) is 11.8. The molecule has 3 heteroatoms. The van der Waals surface area contributed by atoms with Crippen LogP contribution in [-0.4, -0.2) is 11.5 Å². The highest BCUT2D eigenvalue weighted by Gasteiger charge is 2.29. The highest BCUT2D eigenvalue weighted by Crippen LogP contribution is 2.26. The second-order valence-electron chi connectivity index (χ2n) is 4.22. The molecule has 0 aliphatic carbocycles. The van der Waals surface area contributed by atoms with Crippen molar-refractivity contribution in [3.8, 4) is 0 Å². The molecule has 1 aromatic rings. The van der Waals surface area contributed by atoms with Crippen LogP contribution in [0.1, 0.15) is 35.3 Å². The van der Waals surface area contributed by atoms with Crippen molar-refractivity contribution in [2.24, 2.45) is 0 Å². The summed E-state index contributed by atoms with van der Waals surface area (Å²) in [5, 5.41) is 0.314. The van der Waals surface area contributed by atoms with Gasteiger partial charge in [-0.15, -0.1) is 0 Å². The minimum absolute atomic E-state index is 0.257. The molecule has 1 aromatic carbocycles. The molecule has 0 fully saturated rings. The number of rotatable bonds is 2. The Bertz CT molecular complexity index is 405. The van der Waals surface area contributed by atoms with Crippen LogP contribution >= 0.6 is 11.6 Å². The molecule has 0 N–H and O–H groups in total. The lowest BCUT2D eigenvalue weighted by Crippen LogP contribution is -2.26. The van der Waals surface area contributed by atoms with Gasteiger partial charge >= 0.3 is 0 Å². The minimum Gasteiger partial charge on any atom is -0.291 e. The monoisotopic (exact) mass is 228 g/mol. The van der Waals surface area contributed by atoms with Crippen LogP contribution in [0.15, 0.2) is 12.1 Å². The molecule has 0 amide bonds. The molecule has 1 rings (SSSR count). The Kier molecular flexibility index (Phi) is 3.19. The fraction of sp³-hybridized carbons (Fsp3) is 0.417. The first kappa shape index (κ1) is 12.2. The lowest BCUT2D eigenvalue weighted by atomic mass is 9.95. The van der Waals surface area contributed by atoms with Crippen molar-refractivity contribution in [1.29, 1.82) is 0 Å². The van der Waals surface area contributed by atoms with E-state index in [9.17, 15) is 9.18 Å². The Morgan fingerprint density at radius 2 is 1.73 bits per heavy atom. The van der Waals surface area contributed by atoms with Crippen LogP contribution in [0.3, 0.4) is 0 Å². The van der Waals surface area contributed by atoms with Gasteiger partial charge in [-0.25, -0.2) is 4.39 Å². The van der Waals surface area contributed by atoms with Crippen molar-refractivity contribution in [2.45, 2.75) is 33.4 Å². The first-order valence-corrected chi connectivity index (χ1v) is 5.11. The van der Waals surface area contributed by atoms with Crippen LogP contribution in [0, 0.1) is 13.8 Å². The van der Waals surface area contributed by atoms with Crippen molar-refractivity contribution in [2.75, 3.05) is 0 Å². The molecule has 0 atom stereocenters. The van der Waals surface area contributed by atoms with E-state index in [1.165, 1.54) is 13.8 Å². The summed E-state index contributed by atoms with van der Waals surface area (Å²) in [4.78, 5) is 11.7. The van der Waals surface area contributed by atoms with Crippen molar-refractivity contribution >= 4 is 17.4 Å². The first-order chi connectivity index (χ1) is 6.73. The van der Waals surface area contributed by atoms with E-state index in [0.29, 0.717) is 5.02 Å². The maximum Gasteiger partial charge on any atom is 0.200 e. The summed E-state index contributed by atoms with van der Waals surface area (Å²) in [5.41, 5.74) is 0.304. The fourth-order valence-electron chi connectivity index (χ4n) is 1.28. The Morgan fingerprint density at radius 1 is 1.27 bits per heavy atom. The van der Waals surface area contributed by atoms with E-state index in [4.69, 9.17) is 11.6 Å². The predicted octanol–water partition coefficient (Wildman–Crippen LogP) is 3.89. The van der Waals surface area contributed by atoms with E-state index in [2.05, 4.69) is 0 Å². The molecule has 15 heavy (non-hydrogen) atoms. The van der Waals surface area contributed by atoms with Crippen LogP contribution in [0.2, 0.25) is 5.02 Å². The van der Waals surface area contributed by atoms with Crippen LogP contribution in [0.25, 0.3) is 0 Å². The molecule has 0 aromatic heterocycles. The maximum atomic E-state index is 13.5. The van der Waals surface area contributed by atoms with Crippen LogP contribution in [0.5, 0.6) is 0 Å². The van der Waals surface area contributed by atoms with Gasteiger partial charge < -0.3 is 0 Å². The number of carbonyl (C=O) groups excluding carboxylic acids is 1. The lowest BCUT2D eigenvalue weighted by Gasteiger charge is -2.14. The van der Waals surface area contributed by atoms with Gasteiger partial charge in [0.25, 0.3) is 0 Å². The number of halogens is 2. The van der Waals surface area contributed by atoms with Gasteiger partial charge in [0.15, 0.2) is 5.67 Å². The van der Waals surface area contributed by atoms with Crippen LogP contribution < -0.4 is 0 Å². The van der Waals surface area contributed by atoms with E-state index < -0.39 is 11.5 Å². The van der Waals surface area contributed by atoms with Gasteiger partial charge in [0.1, 0.15) is 0 Å². The summed E-state index contributed by atoms with van der Waals surface area (Å²) < 4.78 is 13.5. The zero-order valence-electron chi connectivity index (χ0n) is 9.32. The molecule has 0 unspecified atom stereocenters. The number of benzene rings is 1. The standard InChI is InChI=1S/C12H14ClFO/c1-7-5-9(10(13)6-8(7)2)11(15)12(3,4)14/h5-6H,1-4H3. The molecule has 82 valence electrons. The molecule has 0 aliphatic heterocycles. The van der Waals surface area contributed by atoms with Crippen molar-refractivity contribution < 1.29 is 9.18 Å². The molecule has 0 aliphatic rings. The second kappa shape index (κ2) is 3.93. The van der Waals surface area contributed by atoms with E-state index in [0.717, 1.165) is 11.1 Å². The maximum absolute atomic E-state index is 13.5. The molecule has 1 nitrogen and oxygen atoms in total. The lowest BCUT2D eigenvalue weighted by molar-refractivity contribution is 0.0760. The van der Waals surface area contributed by atoms with Gasteiger partial charge in [-0.05, 0) is 51.0 Å². The largest absolute Gasteiger partial charge is 0.291 e. The third-order valence-electron chi connectivity index (χ3n) is 2.37. The summed E-state index contributed by atoms with van der Waals surface area (Å²) in [6.07, 6.45) is 0. The van der Waals surface area contributed by atoms with E-state index >= 15 is 0 Å². The van der Waals surface area contributed by atoms with Gasteiger partial charge in [-0.2, -0.15) is 0 Å². The predicted molar refractivity (Wildman–Crippen MR) is 60.4 cm³/mol. The molecule has 0 radical (unpaired) electrons. The van der Waals surface area contributed by atoms with Crippen molar-refractivity contribution in [3.05, 3.63) is 33.8 Å². The summed E-state index contributed by atoms with van der Waals surface area (Å²) >= 11 is 5.91. The van der Waals surface area contributed by atoms with Crippen molar-refractivity contribution in [1.82, 2.24) is 0 Å². The third-order valence-corrected chi connectivity index (χ3v) is 2.68. The number of alkyl halides is 1. The average molecular weight is 229 g/mol. The molecule has 0 bridgehead atoms. The molecule has 0 spiro atoms. The molecular weight excluding hydrogens is 215 g/mol. The highest BCUT2D eigenvalue weighted by atomic mass is 35.5. The summed E-state index contributed by atoms with van der Waals surface area (Å²) in [6, 6.07) is 3.33. The second-order valence-corrected chi connectivity index (χ2v) is 4.63. The Morgan fingerprint density at radius 3 is 2.20 bits per heavy atom. The Balaban J connectivity index is 3.28. The number of ketones is 1. The molecule has 0 heterocycles. The van der Waals surface area contributed by atoms with Crippen LogP contribution in [-0.2, 0) is 0 Å². The summed E-state index contributed by atoms with van der Waals surface area (Å²) in [5.74, 6) is -0.574. The zero-order valence-corrected chi connectivity index (χ0v) is 10.1. The fourth-order valence-corrected chi connectivity index (χ4v) is 1.58. The van der Waals surface area contributed by atoms with E-state index in [-0.39, 0.29) is 5.56 Å². The summed E-state index contributed by atoms with van der Waals surface area (Å²) in [6.45, 7) is 6.24. The Labute approximate surface area is 94.3 Å². The van der Waals surface area contributed by atoms with E-state index in [1.807, 2.05) is 13.8 Å². The number of aryl methyl sites for hydroxylation is 2. The number of Topliss-reactive ketones (excluding diaryl/α,β-unsaturated/α-hetero) is 1. The van der Waals surface area contributed by atoms with Gasteiger partial charge in [0, 0.05) is 5.56 Å². The number of carbonyl (C=O) groups is 1. The minimum atomic E-state index is -1.88. The average Bonchev–Trinajstić information content (AvgIpc) is 2.08. The van der Waals surface area contributed by atoms with Gasteiger partial charge in [-0.3, -0.25) is 4.79 Å². The molecule has 0 saturated heterocycles. The number of hydrogen-bond acceptors (Lipinski definition) is 1. The SMILES string of the molecule is Cc1cc(Cl)c(C(=O)C(C)(C)F)cc1C. The highest BCUT2D eigenvalue weighted by molar-refractivity contribution is 6.34.